The van der Waals surface area contributed by atoms with Crippen LogP contribution in [0.15, 0.2) is 0 Å². The molecule has 111 valence electrons. The summed E-state index contributed by atoms with van der Waals surface area (Å²) in [7, 11) is 2.30. The summed E-state index contributed by atoms with van der Waals surface area (Å²) >= 11 is 0. The van der Waals surface area contributed by atoms with E-state index >= 15 is 0 Å². The van der Waals surface area contributed by atoms with Crippen LogP contribution in [0.3, 0.4) is 0 Å². The molecule has 19 heavy (non-hydrogen) atoms. The molecular weight excluding hydrogens is 231 g/mol. The van der Waals surface area contributed by atoms with E-state index < -0.39 is 0 Å². The van der Waals surface area contributed by atoms with E-state index in [1.165, 1.54) is 19.3 Å². The third-order valence-corrected chi connectivity index (χ3v) is 4.88. The fourth-order valence-corrected chi connectivity index (χ4v) is 4.46. The minimum absolute atomic E-state index is 0.110. The Morgan fingerprint density at radius 1 is 1.16 bits per heavy atom. The highest BCUT2D eigenvalue weighted by Crippen LogP contribution is 2.50. The maximum atomic E-state index is 6.64. The third kappa shape index (κ3) is 3.57. The highest BCUT2D eigenvalue weighted by Gasteiger charge is 2.53. The summed E-state index contributed by atoms with van der Waals surface area (Å²) in [5, 5.41) is 0. The standard InChI is InChI=1S/C17H34BO/c1-8-10-14-15(13(5)6)17(9-2,11-12(3)4)19-16(14)18-7/h12-16H,8-11H2,1-7H3. The molecule has 1 saturated heterocycles. The SMILES string of the molecule is C[B]C1OC(CC)(CC(C)C)C(C(C)C)C1CCC. The molecule has 1 aliphatic heterocycles. The average molecular weight is 265 g/mol. The lowest BCUT2D eigenvalue weighted by Gasteiger charge is -2.39. The smallest absolute Gasteiger partial charge is 0.146 e. The first-order valence-corrected chi connectivity index (χ1v) is 8.39. The first-order chi connectivity index (χ1) is 8.91. The Bertz CT molecular complexity index is 264. The second-order valence-corrected chi connectivity index (χ2v) is 7.15. The molecule has 0 aromatic carbocycles. The summed E-state index contributed by atoms with van der Waals surface area (Å²) in [6, 6.07) is 0.367. The van der Waals surface area contributed by atoms with Gasteiger partial charge in [-0.2, -0.15) is 0 Å². The van der Waals surface area contributed by atoms with Crippen molar-refractivity contribution in [2.75, 3.05) is 0 Å². The lowest BCUT2D eigenvalue weighted by molar-refractivity contribution is -0.0617. The van der Waals surface area contributed by atoms with Crippen molar-refractivity contribution < 1.29 is 4.74 Å². The molecule has 1 nitrogen and oxygen atoms in total. The molecule has 1 rings (SSSR count). The normalized spacial score (nSPS) is 35.3. The van der Waals surface area contributed by atoms with Crippen molar-refractivity contribution in [1.82, 2.24) is 0 Å². The van der Waals surface area contributed by atoms with Crippen LogP contribution >= 0.6 is 0 Å². The van der Waals surface area contributed by atoms with Gasteiger partial charge in [0, 0.05) is 6.00 Å². The molecule has 1 fully saturated rings. The summed E-state index contributed by atoms with van der Waals surface area (Å²) in [4.78, 5) is 0. The number of ether oxygens (including phenoxy) is 1. The number of hydrogen-bond donors (Lipinski definition) is 0. The lowest BCUT2D eigenvalue weighted by atomic mass is 9.61. The molecule has 2 heteroatoms. The van der Waals surface area contributed by atoms with Crippen molar-refractivity contribution in [3.63, 3.8) is 0 Å². The Morgan fingerprint density at radius 2 is 1.79 bits per heavy atom. The van der Waals surface area contributed by atoms with Crippen molar-refractivity contribution in [2.45, 2.75) is 85.7 Å². The molecule has 0 aliphatic carbocycles. The Morgan fingerprint density at radius 3 is 2.16 bits per heavy atom. The van der Waals surface area contributed by atoms with E-state index in [4.69, 9.17) is 4.74 Å². The molecule has 1 heterocycles. The summed E-state index contributed by atoms with van der Waals surface area (Å²) in [5.74, 6) is 2.84. The van der Waals surface area contributed by atoms with Gasteiger partial charge < -0.3 is 4.74 Å². The van der Waals surface area contributed by atoms with Gasteiger partial charge in [-0.1, -0.05) is 54.8 Å². The fourth-order valence-electron chi connectivity index (χ4n) is 4.46. The Kier molecular flexibility index (Phi) is 6.43. The van der Waals surface area contributed by atoms with Crippen LogP contribution in [0.2, 0.25) is 6.82 Å². The molecule has 0 aromatic rings. The van der Waals surface area contributed by atoms with E-state index in [0.717, 1.165) is 6.42 Å². The van der Waals surface area contributed by atoms with E-state index in [9.17, 15) is 0 Å². The molecule has 0 spiro atoms. The van der Waals surface area contributed by atoms with Crippen LogP contribution in [0.1, 0.15) is 67.2 Å². The van der Waals surface area contributed by atoms with Crippen molar-refractivity contribution in [2.24, 2.45) is 23.7 Å². The number of hydrogen-bond acceptors (Lipinski definition) is 1. The van der Waals surface area contributed by atoms with Crippen LogP contribution in [0.5, 0.6) is 0 Å². The Labute approximate surface area is 122 Å². The maximum Gasteiger partial charge on any atom is 0.146 e. The van der Waals surface area contributed by atoms with Crippen molar-refractivity contribution >= 4 is 7.28 Å². The lowest BCUT2D eigenvalue weighted by Crippen LogP contribution is -2.40. The van der Waals surface area contributed by atoms with Gasteiger partial charge in [-0.05, 0) is 42.9 Å². The van der Waals surface area contributed by atoms with E-state index in [2.05, 4.69) is 55.6 Å². The summed E-state index contributed by atoms with van der Waals surface area (Å²) in [6.07, 6.45) is 4.93. The predicted molar refractivity (Wildman–Crippen MR) is 85.7 cm³/mol. The van der Waals surface area contributed by atoms with Crippen LogP contribution < -0.4 is 0 Å². The molecule has 0 amide bonds. The second kappa shape index (κ2) is 7.15. The first-order valence-electron chi connectivity index (χ1n) is 8.39. The van der Waals surface area contributed by atoms with Crippen molar-refractivity contribution in [3.8, 4) is 0 Å². The third-order valence-electron chi connectivity index (χ3n) is 4.88. The maximum absolute atomic E-state index is 6.64. The van der Waals surface area contributed by atoms with Crippen LogP contribution in [0.25, 0.3) is 0 Å². The van der Waals surface area contributed by atoms with Crippen LogP contribution in [-0.4, -0.2) is 18.9 Å². The van der Waals surface area contributed by atoms with Crippen molar-refractivity contribution in [3.05, 3.63) is 0 Å². The zero-order valence-corrected chi connectivity index (χ0v) is 14.2. The Balaban J connectivity index is 3.07. The van der Waals surface area contributed by atoms with Crippen LogP contribution in [0.4, 0.5) is 0 Å². The van der Waals surface area contributed by atoms with Gasteiger partial charge in [0.25, 0.3) is 0 Å². The van der Waals surface area contributed by atoms with Crippen LogP contribution in [0, 0.1) is 23.7 Å². The summed E-state index contributed by atoms with van der Waals surface area (Å²) in [6.45, 7) is 16.2. The zero-order chi connectivity index (χ0) is 14.6. The van der Waals surface area contributed by atoms with Gasteiger partial charge in [0.05, 0.1) is 5.60 Å². The molecule has 0 bridgehead atoms. The van der Waals surface area contributed by atoms with Gasteiger partial charge >= 0.3 is 0 Å². The predicted octanol–water partition coefficient (Wildman–Crippen LogP) is 4.98. The zero-order valence-electron chi connectivity index (χ0n) is 14.2. The molecule has 1 aliphatic rings. The largest absolute Gasteiger partial charge is 0.380 e. The first kappa shape index (κ1) is 17.1. The molecule has 1 radical (unpaired) electrons. The molecular formula is C17H34BO. The average Bonchev–Trinajstić information content (AvgIpc) is 2.63. The van der Waals surface area contributed by atoms with Gasteiger partial charge in [-0.25, -0.2) is 0 Å². The number of rotatable bonds is 7. The van der Waals surface area contributed by atoms with E-state index in [1.54, 1.807) is 0 Å². The van der Waals surface area contributed by atoms with E-state index in [0.29, 0.717) is 29.7 Å². The molecule has 0 N–H and O–H groups in total. The summed E-state index contributed by atoms with van der Waals surface area (Å²) < 4.78 is 6.64. The highest BCUT2D eigenvalue weighted by molar-refractivity contribution is 6.35. The van der Waals surface area contributed by atoms with Crippen LogP contribution in [-0.2, 0) is 4.74 Å². The van der Waals surface area contributed by atoms with E-state index in [1.807, 2.05) is 0 Å². The second-order valence-electron chi connectivity index (χ2n) is 7.15. The molecule has 0 aromatic heterocycles. The van der Waals surface area contributed by atoms with Crippen molar-refractivity contribution in [1.29, 1.82) is 0 Å². The minimum Gasteiger partial charge on any atom is -0.380 e. The van der Waals surface area contributed by atoms with Gasteiger partial charge in [0.1, 0.15) is 7.28 Å². The topological polar surface area (TPSA) is 9.23 Å². The van der Waals surface area contributed by atoms with Gasteiger partial charge in [0.2, 0.25) is 0 Å². The minimum atomic E-state index is 0.110. The van der Waals surface area contributed by atoms with Gasteiger partial charge in [0.15, 0.2) is 0 Å². The Hall–Kier alpha value is 0.0249. The molecule has 0 saturated carbocycles. The fraction of sp³-hybridized carbons (Fsp3) is 1.00. The monoisotopic (exact) mass is 265 g/mol. The summed E-state index contributed by atoms with van der Waals surface area (Å²) in [5.41, 5.74) is 0.110. The quantitative estimate of drug-likeness (QED) is 0.590. The van der Waals surface area contributed by atoms with Gasteiger partial charge in [-0.15, -0.1) is 0 Å². The van der Waals surface area contributed by atoms with E-state index in [-0.39, 0.29) is 5.60 Å². The molecule has 4 atom stereocenters. The molecule has 4 unspecified atom stereocenters. The highest BCUT2D eigenvalue weighted by atomic mass is 16.5. The van der Waals surface area contributed by atoms with Gasteiger partial charge in [-0.3, -0.25) is 0 Å².